The zero-order valence-electron chi connectivity index (χ0n) is 14.1. The molecular weight excluding hydrogens is 380 g/mol. The normalized spacial score (nSPS) is 17.5. The number of carbonyl (C=O) groups excluding carboxylic acids is 1. The highest BCUT2D eigenvalue weighted by atomic mass is 32.2. The first-order valence-electron chi connectivity index (χ1n) is 8.09. The van der Waals surface area contributed by atoms with E-state index >= 15 is 0 Å². The third-order valence-corrected chi connectivity index (χ3v) is 6.76. The van der Waals surface area contributed by atoms with Gasteiger partial charge in [0.25, 0.3) is 5.91 Å². The van der Waals surface area contributed by atoms with Crippen molar-refractivity contribution in [1.82, 2.24) is 4.90 Å². The van der Waals surface area contributed by atoms with E-state index in [1.807, 2.05) is 12.1 Å². The summed E-state index contributed by atoms with van der Waals surface area (Å²) in [5.41, 5.74) is 3.39. The lowest BCUT2D eigenvalue weighted by atomic mass is 10.1. The second-order valence-corrected chi connectivity index (χ2v) is 8.70. The van der Waals surface area contributed by atoms with Gasteiger partial charge < -0.3 is 4.90 Å². The summed E-state index contributed by atoms with van der Waals surface area (Å²) in [6.45, 7) is 4.13. The molecule has 2 heterocycles. The molecule has 0 bridgehead atoms. The fourth-order valence-corrected chi connectivity index (χ4v) is 5.46. The Morgan fingerprint density at radius 2 is 1.88 bits per heavy atom. The van der Waals surface area contributed by atoms with E-state index in [0.29, 0.717) is 15.8 Å². The predicted octanol–water partition coefficient (Wildman–Crippen LogP) is 5.31. The molecule has 0 radical (unpaired) electrons. The number of anilines is 2. The van der Waals surface area contributed by atoms with Crippen LogP contribution in [0.25, 0.3) is 6.08 Å². The molecule has 1 amide bonds. The van der Waals surface area contributed by atoms with Crippen molar-refractivity contribution in [3.63, 3.8) is 0 Å². The van der Waals surface area contributed by atoms with Gasteiger partial charge in [0.1, 0.15) is 4.32 Å². The van der Waals surface area contributed by atoms with Gasteiger partial charge in [-0.25, -0.2) is 0 Å². The summed E-state index contributed by atoms with van der Waals surface area (Å²) in [5.74, 6) is -0.0484. The maximum absolute atomic E-state index is 12.5. The molecule has 0 aliphatic carbocycles. The van der Waals surface area contributed by atoms with E-state index in [0.717, 1.165) is 5.56 Å². The monoisotopic (exact) mass is 396 g/mol. The van der Waals surface area contributed by atoms with Crippen LogP contribution in [0.3, 0.4) is 0 Å². The number of amides is 1. The number of hydrogen-bond acceptors (Lipinski definition) is 5. The van der Waals surface area contributed by atoms with Gasteiger partial charge in [0.2, 0.25) is 0 Å². The van der Waals surface area contributed by atoms with Gasteiger partial charge in [0.15, 0.2) is 0 Å². The highest BCUT2D eigenvalue weighted by Crippen LogP contribution is 2.47. The largest absolute Gasteiger partial charge is 0.343 e. The number of carbonyl (C=O) groups is 1. The van der Waals surface area contributed by atoms with Crippen LogP contribution in [0, 0.1) is 0 Å². The summed E-state index contributed by atoms with van der Waals surface area (Å²) in [4.78, 5) is 19.4. The van der Waals surface area contributed by atoms with Crippen LogP contribution in [-0.2, 0) is 4.79 Å². The van der Waals surface area contributed by atoms with E-state index in [-0.39, 0.29) is 5.91 Å². The maximum atomic E-state index is 12.5. The molecule has 0 aromatic heterocycles. The maximum Gasteiger partial charge on any atom is 0.266 e. The smallest absolute Gasteiger partial charge is 0.266 e. The number of thiocarbonyl (C=S) groups is 1. The molecule has 130 valence electrons. The molecule has 2 aliphatic heterocycles. The van der Waals surface area contributed by atoms with E-state index in [2.05, 4.69) is 54.9 Å². The summed E-state index contributed by atoms with van der Waals surface area (Å²) in [6, 6.07) is 14.7. The number of para-hydroxylation sites is 1. The Labute approximate surface area is 166 Å². The molecule has 0 N–H and O–H groups in total. The number of nitrogens with zero attached hydrogens (tertiary/aromatic N) is 2. The van der Waals surface area contributed by atoms with Gasteiger partial charge in [0, 0.05) is 23.4 Å². The van der Waals surface area contributed by atoms with Gasteiger partial charge in [-0.05, 0) is 35.9 Å². The summed E-state index contributed by atoms with van der Waals surface area (Å²) in [5, 5.41) is 0. The number of benzene rings is 2. The molecular formula is C20H16N2OS3. The lowest BCUT2D eigenvalue weighted by Crippen LogP contribution is -2.27. The Morgan fingerprint density at radius 3 is 2.69 bits per heavy atom. The van der Waals surface area contributed by atoms with Gasteiger partial charge in [-0.15, -0.1) is 6.58 Å². The summed E-state index contributed by atoms with van der Waals surface area (Å²) in [7, 11) is 2.08. The Morgan fingerprint density at radius 1 is 1.12 bits per heavy atom. The lowest BCUT2D eigenvalue weighted by molar-refractivity contribution is -0.121. The summed E-state index contributed by atoms with van der Waals surface area (Å²) < 4.78 is 0.585. The fraction of sp³-hybridized carbons (Fsp3) is 0.100. The highest BCUT2D eigenvalue weighted by Gasteiger charge is 2.31. The van der Waals surface area contributed by atoms with Crippen molar-refractivity contribution in [3.8, 4) is 0 Å². The highest BCUT2D eigenvalue weighted by molar-refractivity contribution is 8.26. The minimum Gasteiger partial charge on any atom is -0.343 e. The Kier molecular flexibility index (Phi) is 4.65. The predicted molar refractivity (Wildman–Crippen MR) is 115 cm³/mol. The van der Waals surface area contributed by atoms with E-state index in [1.54, 1.807) is 22.7 Å². The van der Waals surface area contributed by atoms with Gasteiger partial charge in [-0.3, -0.25) is 9.69 Å². The number of fused-ring (bicyclic) bond motifs is 2. The molecule has 0 saturated carbocycles. The van der Waals surface area contributed by atoms with Crippen LogP contribution in [0.15, 0.2) is 69.8 Å². The zero-order valence-corrected chi connectivity index (χ0v) is 16.6. The van der Waals surface area contributed by atoms with Crippen LogP contribution in [0.2, 0.25) is 0 Å². The summed E-state index contributed by atoms with van der Waals surface area (Å²) in [6.07, 6.45) is 3.61. The van der Waals surface area contributed by atoms with E-state index < -0.39 is 0 Å². The van der Waals surface area contributed by atoms with Crippen LogP contribution >= 0.6 is 35.7 Å². The number of hydrogen-bond donors (Lipinski definition) is 0. The lowest BCUT2D eigenvalue weighted by Gasteiger charge is -2.29. The number of thioether (sulfide) groups is 1. The van der Waals surface area contributed by atoms with Crippen molar-refractivity contribution in [1.29, 1.82) is 0 Å². The third kappa shape index (κ3) is 2.98. The fourth-order valence-electron chi connectivity index (χ4n) is 2.99. The van der Waals surface area contributed by atoms with Crippen LogP contribution < -0.4 is 4.90 Å². The quantitative estimate of drug-likeness (QED) is 0.398. The van der Waals surface area contributed by atoms with Crippen LogP contribution in [0.1, 0.15) is 5.56 Å². The molecule has 3 nitrogen and oxygen atoms in total. The number of rotatable bonds is 3. The molecule has 0 spiro atoms. The Bertz CT molecular complexity index is 967. The first-order chi connectivity index (χ1) is 12.6. The molecule has 2 aromatic carbocycles. The van der Waals surface area contributed by atoms with Crippen molar-refractivity contribution in [2.24, 2.45) is 0 Å². The van der Waals surface area contributed by atoms with E-state index in [4.69, 9.17) is 12.2 Å². The Balaban J connectivity index is 1.66. The molecule has 2 aliphatic rings. The van der Waals surface area contributed by atoms with Gasteiger partial charge >= 0.3 is 0 Å². The van der Waals surface area contributed by atoms with E-state index in [9.17, 15) is 4.79 Å². The van der Waals surface area contributed by atoms with Crippen LogP contribution in [0.4, 0.5) is 11.4 Å². The minimum absolute atomic E-state index is 0.0484. The first-order valence-corrected chi connectivity index (χ1v) is 10.1. The van der Waals surface area contributed by atoms with Crippen molar-refractivity contribution in [2.75, 3.05) is 18.5 Å². The second kappa shape index (κ2) is 6.95. The molecule has 1 saturated heterocycles. The molecule has 6 heteroatoms. The van der Waals surface area contributed by atoms with Crippen molar-refractivity contribution >= 4 is 63.4 Å². The van der Waals surface area contributed by atoms with E-state index in [1.165, 1.54) is 32.9 Å². The zero-order chi connectivity index (χ0) is 18.3. The molecule has 0 atom stereocenters. The van der Waals surface area contributed by atoms with Gasteiger partial charge in [-0.1, -0.05) is 60.0 Å². The SMILES string of the molecule is C=CCN1C(=O)C(=Cc2ccc3c(c2)Sc2ccccc2N3C)SC1=S. The van der Waals surface area contributed by atoms with Gasteiger partial charge in [-0.2, -0.15) is 0 Å². The van der Waals surface area contributed by atoms with Crippen molar-refractivity contribution in [3.05, 3.63) is 65.6 Å². The first kappa shape index (κ1) is 17.4. The molecule has 2 aromatic rings. The minimum atomic E-state index is -0.0484. The third-order valence-electron chi connectivity index (χ3n) is 4.27. The van der Waals surface area contributed by atoms with Crippen molar-refractivity contribution < 1.29 is 4.79 Å². The summed E-state index contributed by atoms with van der Waals surface area (Å²) >= 11 is 8.40. The topological polar surface area (TPSA) is 23.6 Å². The Hall–Kier alpha value is -2.02. The molecule has 26 heavy (non-hydrogen) atoms. The molecule has 4 rings (SSSR count). The average Bonchev–Trinajstić information content (AvgIpc) is 2.90. The van der Waals surface area contributed by atoms with Crippen molar-refractivity contribution in [2.45, 2.75) is 9.79 Å². The standard InChI is InChI=1S/C20H16N2OS3/c1-3-10-22-19(23)18(26-20(22)24)12-13-8-9-15-17(11-13)25-16-7-5-4-6-14(16)21(15)2/h3-9,11-12H,1,10H2,2H3. The van der Waals surface area contributed by atoms with Crippen LogP contribution in [0.5, 0.6) is 0 Å². The second-order valence-electron chi connectivity index (χ2n) is 5.94. The van der Waals surface area contributed by atoms with Gasteiger partial charge in [0.05, 0.1) is 16.3 Å². The molecule has 0 unspecified atom stereocenters. The average molecular weight is 397 g/mol. The molecule has 1 fully saturated rings. The van der Waals surface area contributed by atoms with Crippen LogP contribution in [-0.4, -0.2) is 28.7 Å².